The SMILES string of the molecule is CCc1ccccc1CCc1cc2ccc3cc4c(ccc5ccsc54)cc3c2s1. The molecule has 0 aliphatic heterocycles. The van der Waals surface area contributed by atoms with Crippen LogP contribution < -0.4 is 0 Å². The lowest BCUT2D eigenvalue weighted by Crippen LogP contribution is -1.94. The van der Waals surface area contributed by atoms with E-state index in [-0.39, 0.29) is 0 Å². The second kappa shape index (κ2) is 7.23. The van der Waals surface area contributed by atoms with Crippen molar-refractivity contribution in [2.45, 2.75) is 26.2 Å². The number of hydrogen-bond donors (Lipinski definition) is 0. The second-order valence-corrected chi connectivity index (χ2v) is 10.1. The predicted molar refractivity (Wildman–Crippen MR) is 135 cm³/mol. The monoisotopic (exact) mass is 422 g/mol. The van der Waals surface area contributed by atoms with E-state index in [9.17, 15) is 0 Å². The van der Waals surface area contributed by atoms with Gasteiger partial charge in [-0.3, -0.25) is 0 Å². The first kappa shape index (κ1) is 18.1. The van der Waals surface area contributed by atoms with Crippen LogP contribution in [-0.2, 0) is 19.3 Å². The van der Waals surface area contributed by atoms with Crippen molar-refractivity contribution in [3.05, 3.63) is 94.2 Å². The van der Waals surface area contributed by atoms with Crippen LogP contribution in [0.25, 0.3) is 41.7 Å². The number of aryl methyl sites for hydroxylation is 3. The molecular formula is C28H22S2. The molecule has 0 aliphatic carbocycles. The highest BCUT2D eigenvalue weighted by Gasteiger charge is 2.10. The first-order valence-electron chi connectivity index (χ1n) is 10.6. The highest BCUT2D eigenvalue weighted by molar-refractivity contribution is 7.20. The third-order valence-electron chi connectivity index (χ3n) is 6.24. The molecule has 0 amide bonds. The molecule has 0 atom stereocenters. The fraction of sp³-hybridized carbons (Fsp3) is 0.143. The summed E-state index contributed by atoms with van der Waals surface area (Å²) in [6.07, 6.45) is 3.34. The standard InChI is InChI=1S/C28H22S2/c1-2-18-5-3-4-6-19(18)11-12-24-15-23-10-9-22-16-25-21(17-26(22)28(23)30-24)8-7-20-13-14-29-27(20)25/h3-10,13-17H,2,11-12H2,1H3. The van der Waals surface area contributed by atoms with E-state index >= 15 is 0 Å². The minimum absolute atomic E-state index is 1.11. The molecule has 0 N–H and O–H groups in total. The lowest BCUT2D eigenvalue weighted by molar-refractivity contribution is 0.946. The summed E-state index contributed by atoms with van der Waals surface area (Å²) in [7, 11) is 0. The first-order chi connectivity index (χ1) is 14.8. The summed E-state index contributed by atoms with van der Waals surface area (Å²) in [6.45, 7) is 2.25. The summed E-state index contributed by atoms with van der Waals surface area (Å²) in [5, 5.41) is 10.4. The van der Waals surface area contributed by atoms with Crippen molar-refractivity contribution >= 4 is 64.4 Å². The maximum atomic E-state index is 2.40. The van der Waals surface area contributed by atoms with Crippen molar-refractivity contribution in [3.8, 4) is 0 Å². The van der Waals surface area contributed by atoms with Crippen LogP contribution in [0.3, 0.4) is 0 Å². The number of rotatable bonds is 4. The largest absolute Gasteiger partial charge is 0.143 e. The Labute approximate surface area is 184 Å². The number of hydrogen-bond acceptors (Lipinski definition) is 2. The number of thiophene rings is 2. The van der Waals surface area contributed by atoms with Crippen LogP contribution in [0, 0.1) is 0 Å². The van der Waals surface area contributed by atoms with Gasteiger partial charge in [0, 0.05) is 25.0 Å². The van der Waals surface area contributed by atoms with Crippen LogP contribution in [0.2, 0.25) is 0 Å². The zero-order valence-corrected chi connectivity index (χ0v) is 18.6. The summed E-state index contributed by atoms with van der Waals surface area (Å²) < 4.78 is 2.83. The summed E-state index contributed by atoms with van der Waals surface area (Å²) in [4.78, 5) is 1.48. The van der Waals surface area contributed by atoms with Gasteiger partial charge >= 0.3 is 0 Å². The van der Waals surface area contributed by atoms with Gasteiger partial charge < -0.3 is 0 Å². The molecule has 4 aromatic carbocycles. The summed E-state index contributed by atoms with van der Waals surface area (Å²) in [5.74, 6) is 0. The Morgan fingerprint density at radius 3 is 2.13 bits per heavy atom. The molecule has 0 bridgehead atoms. The van der Waals surface area contributed by atoms with E-state index in [0.717, 1.165) is 19.3 Å². The topological polar surface area (TPSA) is 0 Å². The molecule has 2 heterocycles. The molecule has 0 unspecified atom stereocenters. The summed E-state index contributed by atoms with van der Waals surface area (Å²) >= 11 is 3.82. The van der Waals surface area contributed by atoms with Crippen LogP contribution in [0.5, 0.6) is 0 Å². The molecule has 0 nitrogen and oxygen atoms in total. The molecule has 6 rings (SSSR count). The maximum Gasteiger partial charge on any atom is 0.0424 e. The van der Waals surface area contributed by atoms with Crippen LogP contribution in [0.1, 0.15) is 22.9 Å². The second-order valence-electron chi connectivity index (χ2n) is 8.02. The van der Waals surface area contributed by atoms with Crippen molar-refractivity contribution < 1.29 is 0 Å². The van der Waals surface area contributed by atoms with E-state index in [1.54, 1.807) is 0 Å². The lowest BCUT2D eigenvalue weighted by Gasteiger charge is -2.06. The Morgan fingerprint density at radius 1 is 0.633 bits per heavy atom. The van der Waals surface area contributed by atoms with Crippen LogP contribution >= 0.6 is 22.7 Å². The van der Waals surface area contributed by atoms with Gasteiger partial charge in [0.1, 0.15) is 0 Å². The molecule has 0 fully saturated rings. The van der Waals surface area contributed by atoms with Gasteiger partial charge in [-0.25, -0.2) is 0 Å². The zero-order valence-electron chi connectivity index (χ0n) is 16.9. The van der Waals surface area contributed by atoms with E-state index in [4.69, 9.17) is 0 Å². The van der Waals surface area contributed by atoms with Crippen molar-refractivity contribution in [2.24, 2.45) is 0 Å². The maximum absolute atomic E-state index is 2.40. The fourth-order valence-corrected chi connectivity index (χ4v) is 6.76. The molecule has 30 heavy (non-hydrogen) atoms. The molecule has 0 saturated carbocycles. The minimum atomic E-state index is 1.11. The number of benzene rings is 4. The van der Waals surface area contributed by atoms with Gasteiger partial charge in [0.05, 0.1) is 0 Å². The molecule has 0 saturated heterocycles. The highest BCUT2D eigenvalue weighted by atomic mass is 32.1. The van der Waals surface area contributed by atoms with E-state index in [0.29, 0.717) is 0 Å². The molecular weight excluding hydrogens is 400 g/mol. The van der Waals surface area contributed by atoms with Gasteiger partial charge in [-0.1, -0.05) is 55.5 Å². The molecule has 2 heteroatoms. The Morgan fingerprint density at radius 2 is 1.33 bits per heavy atom. The van der Waals surface area contributed by atoms with E-state index in [2.05, 4.69) is 85.1 Å². The average Bonchev–Trinajstić information content (AvgIpc) is 3.43. The third-order valence-corrected chi connectivity index (χ3v) is 8.45. The molecule has 6 aromatic rings. The van der Waals surface area contributed by atoms with Gasteiger partial charge in [-0.15, -0.1) is 22.7 Å². The Balaban J connectivity index is 1.43. The molecule has 146 valence electrons. The van der Waals surface area contributed by atoms with Gasteiger partial charge in [-0.05, 0) is 81.6 Å². The van der Waals surface area contributed by atoms with Crippen LogP contribution in [0.4, 0.5) is 0 Å². The fourth-order valence-electron chi connectivity index (χ4n) is 4.65. The van der Waals surface area contributed by atoms with E-state index in [1.807, 2.05) is 22.7 Å². The van der Waals surface area contributed by atoms with Crippen molar-refractivity contribution in [2.75, 3.05) is 0 Å². The Bertz CT molecular complexity index is 1530. The minimum Gasteiger partial charge on any atom is -0.143 e. The molecule has 0 spiro atoms. The van der Waals surface area contributed by atoms with Crippen molar-refractivity contribution in [1.29, 1.82) is 0 Å². The van der Waals surface area contributed by atoms with Gasteiger partial charge in [-0.2, -0.15) is 0 Å². The predicted octanol–water partition coefficient (Wildman–Crippen LogP) is 8.77. The molecule has 2 aromatic heterocycles. The van der Waals surface area contributed by atoms with Gasteiger partial charge in [0.25, 0.3) is 0 Å². The normalized spacial score (nSPS) is 11.9. The average molecular weight is 423 g/mol. The van der Waals surface area contributed by atoms with E-state index in [1.165, 1.54) is 57.7 Å². The third kappa shape index (κ3) is 2.94. The lowest BCUT2D eigenvalue weighted by atomic mass is 10.00. The van der Waals surface area contributed by atoms with Gasteiger partial charge in [0.2, 0.25) is 0 Å². The van der Waals surface area contributed by atoms with Gasteiger partial charge in [0.15, 0.2) is 0 Å². The molecule has 0 radical (unpaired) electrons. The smallest absolute Gasteiger partial charge is 0.0424 e. The molecule has 0 aliphatic rings. The Hall–Kier alpha value is -2.68. The van der Waals surface area contributed by atoms with Crippen LogP contribution in [-0.4, -0.2) is 0 Å². The van der Waals surface area contributed by atoms with E-state index < -0.39 is 0 Å². The quantitative estimate of drug-likeness (QED) is 0.249. The first-order valence-corrected chi connectivity index (χ1v) is 12.3. The highest BCUT2D eigenvalue weighted by Crippen LogP contribution is 2.38. The van der Waals surface area contributed by atoms with Crippen LogP contribution in [0.15, 0.2) is 78.2 Å². The zero-order chi connectivity index (χ0) is 20.1. The Kier molecular flexibility index (Phi) is 4.36. The van der Waals surface area contributed by atoms with Crippen molar-refractivity contribution in [1.82, 2.24) is 0 Å². The summed E-state index contributed by atoms with van der Waals surface area (Å²) in [5.41, 5.74) is 2.98. The van der Waals surface area contributed by atoms with Crippen molar-refractivity contribution in [3.63, 3.8) is 0 Å². The number of fused-ring (bicyclic) bond motifs is 6. The summed E-state index contributed by atoms with van der Waals surface area (Å²) in [6, 6.07) is 27.4.